The Morgan fingerprint density at radius 3 is 2.23 bits per heavy atom. The molecular weight excluding hydrogens is 160 g/mol. The van der Waals surface area contributed by atoms with Crippen LogP contribution in [0.1, 0.15) is 32.1 Å². The first-order valence-electron chi connectivity index (χ1n) is 5.82. The van der Waals surface area contributed by atoms with Crippen molar-refractivity contribution >= 4 is 0 Å². The van der Waals surface area contributed by atoms with E-state index < -0.39 is 0 Å². The second-order valence-electron chi connectivity index (χ2n) is 4.71. The number of rotatable bonds is 3. The summed E-state index contributed by atoms with van der Waals surface area (Å²) >= 11 is 0. The molecule has 0 aromatic heterocycles. The number of likely N-dealkylation sites (tertiary alicyclic amines) is 1. The largest absolute Gasteiger partial charge is 0.330 e. The fraction of sp³-hybridized carbons (Fsp3) is 1.00. The lowest BCUT2D eigenvalue weighted by atomic mass is 10.2. The summed E-state index contributed by atoms with van der Waals surface area (Å²) in [5.41, 5.74) is 5.64. The molecule has 13 heavy (non-hydrogen) atoms. The maximum absolute atomic E-state index is 5.64. The SMILES string of the molecule is NC[C@H]1C[C@H]1CN1CCCCCC1. The van der Waals surface area contributed by atoms with Gasteiger partial charge in [-0.1, -0.05) is 12.8 Å². The van der Waals surface area contributed by atoms with Gasteiger partial charge in [-0.3, -0.25) is 0 Å². The smallest absolute Gasteiger partial charge is 0.00129 e. The Morgan fingerprint density at radius 1 is 1.00 bits per heavy atom. The molecule has 0 bridgehead atoms. The summed E-state index contributed by atoms with van der Waals surface area (Å²) in [6.07, 6.45) is 7.12. The first-order valence-corrected chi connectivity index (χ1v) is 5.82. The van der Waals surface area contributed by atoms with Gasteiger partial charge in [0.2, 0.25) is 0 Å². The molecule has 2 nitrogen and oxygen atoms in total. The van der Waals surface area contributed by atoms with Gasteiger partial charge in [-0.05, 0) is 50.7 Å². The van der Waals surface area contributed by atoms with Crippen LogP contribution in [0.4, 0.5) is 0 Å². The molecule has 0 spiro atoms. The first-order chi connectivity index (χ1) is 6.40. The van der Waals surface area contributed by atoms with Crippen molar-refractivity contribution in [2.75, 3.05) is 26.2 Å². The van der Waals surface area contributed by atoms with E-state index in [0.717, 1.165) is 18.4 Å². The Hall–Kier alpha value is -0.0800. The van der Waals surface area contributed by atoms with Gasteiger partial charge in [-0.25, -0.2) is 0 Å². The van der Waals surface area contributed by atoms with Gasteiger partial charge in [-0.2, -0.15) is 0 Å². The molecule has 0 amide bonds. The van der Waals surface area contributed by atoms with Gasteiger partial charge in [0.25, 0.3) is 0 Å². The van der Waals surface area contributed by atoms with Gasteiger partial charge in [0.15, 0.2) is 0 Å². The molecule has 2 rings (SSSR count). The lowest BCUT2D eigenvalue weighted by Crippen LogP contribution is -2.27. The fourth-order valence-electron chi connectivity index (χ4n) is 2.47. The van der Waals surface area contributed by atoms with E-state index in [0.29, 0.717) is 0 Å². The molecule has 2 fully saturated rings. The molecule has 2 aliphatic rings. The predicted octanol–water partition coefficient (Wildman–Crippen LogP) is 1.46. The van der Waals surface area contributed by atoms with E-state index in [9.17, 15) is 0 Å². The van der Waals surface area contributed by atoms with Crippen molar-refractivity contribution in [1.29, 1.82) is 0 Å². The van der Waals surface area contributed by atoms with Crippen molar-refractivity contribution in [1.82, 2.24) is 4.90 Å². The number of hydrogen-bond donors (Lipinski definition) is 1. The first kappa shape index (κ1) is 9.47. The molecule has 1 aliphatic heterocycles. The Labute approximate surface area is 81.5 Å². The van der Waals surface area contributed by atoms with Crippen molar-refractivity contribution in [3.05, 3.63) is 0 Å². The third-order valence-corrected chi connectivity index (χ3v) is 3.56. The topological polar surface area (TPSA) is 29.3 Å². The van der Waals surface area contributed by atoms with E-state index in [-0.39, 0.29) is 0 Å². The van der Waals surface area contributed by atoms with Gasteiger partial charge < -0.3 is 10.6 Å². The van der Waals surface area contributed by atoms with E-state index in [4.69, 9.17) is 5.73 Å². The fourth-order valence-corrected chi connectivity index (χ4v) is 2.47. The molecule has 1 saturated carbocycles. The average molecular weight is 182 g/mol. The second-order valence-corrected chi connectivity index (χ2v) is 4.71. The van der Waals surface area contributed by atoms with Crippen LogP contribution < -0.4 is 5.73 Å². The Balaban J connectivity index is 1.68. The van der Waals surface area contributed by atoms with E-state index in [1.165, 1.54) is 51.7 Å². The normalized spacial score (nSPS) is 35.8. The standard InChI is InChI=1S/C11H22N2/c12-8-10-7-11(10)9-13-5-3-1-2-4-6-13/h10-11H,1-9,12H2/t10-,11+/m1/s1. The van der Waals surface area contributed by atoms with Crippen molar-refractivity contribution in [3.8, 4) is 0 Å². The third kappa shape index (κ3) is 2.68. The quantitative estimate of drug-likeness (QED) is 0.716. The number of hydrogen-bond acceptors (Lipinski definition) is 2. The molecule has 1 heterocycles. The molecule has 2 heteroatoms. The molecule has 0 aromatic carbocycles. The highest BCUT2D eigenvalue weighted by atomic mass is 15.1. The minimum absolute atomic E-state index is 0.864. The summed E-state index contributed by atoms with van der Waals surface area (Å²) in [6.45, 7) is 4.93. The second kappa shape index (κ2) is 4.43. The molecule has 0 unspecified atom stereocenters. The van der Waals surface area contributed by atoms with Gasteiger partial charge in [0, 0.05) is 6.54 Å². The van der Waals surface area contributed by atoms with Crippen LogP contribution >= 0.6 is 0 Å². The van der Waals surface area contributed by atoms with Crippen LogP contribution in [0, 0.1) is 11.8 Å². The zero-order chi connectivity index (χ0) is 9.10. The summed E-state index contributed by atoms with van der Waals surface area (Å²) < 4.78 is 0. The minimum atomic E-state index is 0.864. The summed E-state index contributed by atoms with van der Waals surface area (Å²) in [7, 11) is 0. The highest BCUT2D eigenvalue weighted by Gasteiger charge is 2.36. The van der Waals surface area contributed by atoms with Crippen LogP contribution in [-0.4, -0.2) is 31.1 Å². The van der Waals surface area contributed by atoms with Gasteiger partial charge in [0.1, 0.15) is 0 Å². The summed E-state index contributed by atoms with van der Waals surface area (Å²) in [4.78, 5) is 2.66. The highest BCUT2D eigenvalue weighted by Crippen LogP contribution is 2.38. The van der Waals surface area contributed by atoms with Crippen molar-refractivity contribution in [3.63, 3.8) is 0 Å². The van der Waals surface area contributed by atoms with Crippen LogP contribution in [0.2, 0.25) is 0 Å². The maximum Gasteiger partial charge on any atom is 0.00129 e. The molecule has 2 atom stereocenters. The zero-order valence-corrected chi connectivity index (χ0v) is 8.54. The summed E-state index contributed by atoms with van der Waals surface area (Å²) in [5, 5.41) is 0. The lowest BCUT2D eigenvalue weighted by molar-refractivity contribution is 0.269. The minimum Gasteiger partial charge on any atom is -0.330 e. The van der Waals surface area contributed by atoms with Crippen LogP contribution in [0.3, 0.4) is 0 Å². The molecule has 0 aromatic rings. The third-order valence-electron chi connectivity index (χ3n) is 3.56. The Bertz CT molecular complexity index is 150. The van der Waals surface area contributed by atoms with E-state index in [2.05, 4.69) is 4.90 Å². The van der Waals surface area contributed by atoms with Crippen molar-refractivity contribution in [2.24, 2.45) is 17.6 Å². The lowest BCUT2D eigenvalue weighted by Gasteiger charge is -2.19. The Kier molecular flexibility index (Phi) is 3.23. The maximum atomic E-state index is 5.64. The van der Waals surface area contributed by atoms with Gasteiger partial charge in [0.05, 0.1) is 0 Å². The Morgan fingerprint density at radius 2 is 1.69 bits per heavy atom. The molecule has 0 radical (unpaired) electrons. The van der Waals surface area contributed by atoms with E-state index in [1.54, 1.807) is 0 Å². The number of nitrogens with zero attached hydrogens (tertiary/aromatic N) is 1. The highest BCUT2D eigenvalue weighted by molar-refractivity contribution is 4.89. The molecule has 2 N–H and O–H groups in total. The van der Waals surface area contributed by atoms with Gasteiger partial charge >= 0.3 is 0 Å². The molecule has 1 saturated heterocycles. The molecule has 76 valence electrons. The number of nitrogens with two attached hydrogens (primary N) is 1. The molecular formula is C11H22N2. The molecule has 1 aliphatic carbocycles. The van der Waals surface area contributed by atoms with E-state index in [1.807, 2.05) is 0 Å². The monoisotopic (exact) mass is 182 g/mol. The van der Waals surface area contributed by atoms with Crippen LogP contribution in [-0.2, 0) is 0 Å². The summed E-state index contributed by atoms with van der Waals surface area (Å²) in [5.74, 6) is 1.81. The average Bonchev–Trinajstić information content (AvgIpc) is 2.90. The van der Waals surface area contributed by atoms with E-state index >= 15 is 0 Å². The zero-order valence-electron chi connectivity index (χ0n) is 8.54. The summed E-state index contributed by atoms with van der Waals surface area (Å²) in [6, 6.07) is 0. The van der Waals surface area contributed by atoms with Crippen LogP contribution in [0.25, 0.3) is 0 Å². The van der Waals surface area contributed by atoms with Crippen LogP contribution in [0.5, 0.6) is 0 Å². The van der Waals surface area contributed by atoms with Crippen molar-refractivity contribution < 1.29 is 0 Å². The van der Waals surface area contributed by atoms with Crippen LogP contribution in [0.15, 0.2) is 0 Å². The predicted molar refractivity (Wildman–Crippen MR) is 55.6 cm³/mol. The van der Waals surface area contributed by atoms with Crippen molar-refractivity contribution in [2.45, 2.75) is 32.1 Å². The van der Waals surface area contributed by atoms with Gasteiger partial charge in [-0.15, -0.1) is 0 Å².